The Balaban J connectivity index is 1.84. The molecule has 1 atom stereocenters. The van der Waals surface area contributed by atoms with Gasteiger partial charge in [0.1, 0.15) is 0 Å². The molecule has 1 amide bonds. The van der Waals surface area contributed by atoms with Gasteiger partial charge >= 0.3 is 0 Å². The fourth-order valence-electron chi connectivity index (χ4n) is 3.22. The third-order valence-electron chi connectivity index (χ3n) is 4.70. The minimum absolute atomic E-state index is 0.0292. The molecule has 29 heavy (non-hydrogen) atoms. The number of nitrogens with zero attached hydrogens (tertiary/aromatic N) is 3. The van der Waals surface area contributed by atoms with E-state index in [1.54, 1.807) is 19.0 Å². The number of carbonyl (C=O) groups excluding carboxylic acids is 1. The lowest BCUT2D eigenvalue weighted by Gasteiger charge is -2.28. The summed E-state index contributed by atoms with van der Waals surface area (Å²) < 4.78 is 0. The zero-order valence-electron chi connectivity index (χ0n) is 17.4. The van der Waals surface area contributed by atoms with E-state index < -0.39 is 0 Å². The molecule has 0 spiro atoms. The Labute approximate surface area is 177 Å². The van der Waals surface area contributed by atoms with Crippen molar-refractivity contribution in [2.24, 2.45) is 0 Å². The molecule has 1 aromatic heterocycles. The summed E-state index contributed by atoms with van der Waals surface area (Å²) in [5.74, 6) is 0. The second-order valence-corrected chi connectivity index (χ2v) is 8.42. The van der Waals surface area contributed by atoms with Gasteiger partial charge in [-0.1, -0.05) is 48.0 Å². The number of thioether (sulfide) groups is 1. The lowest BCUT2D eigenvalue weighted by Crippen LogP contribution is -2.26. The highest BCUT2D eigenvalue weighted by molar-refractivity contribution is 8.13. The van der Waals surface area contributed by atoms with Gasteiger partial charge in [0.15, 0.2) is 0 Å². The predicted octanol–water partition coefficient (Wildman–Crippen LogP) is 5.39. The number of amides is 1. The summed E-state index contributed by atoms with van der Waals surface area (Å²) in [4.78, 5) is 21.5. The Kier molecular flexibility index (Phi) is 7.07. The molecule has 0 fully saturated rings. The van der Waals surface area contributed by atoms with E-state index in [1.165, 1.54) is 22.9 Å². The van der Waals surface area contributed by atoms with Crippen molar-refractivity contribution >= 4 is 17.0 Å². The van der Waals surface area contributed by atoms with Crippen molar-refractivity contribution in [2.75, 3.05) is 21.1 Å². The van der Waals surface area contributed by atoms with Crippen LogP contribution in [0.5, 0.6) is 0 Å². The van der Waals surface area contributed by atoms with Crippen molar-refractivity contribution < 1.29 is 4.79 Å². The summed E-state index contributed by atoms with van der Waals surface area (Å²) in [5.41, 5.74) is 4.64. The van der Waals surface area contributed by atoms with E-state index in [0.29, 0.717) is 0 Å². The highest BCUT2D eigenvalue weighted by Crippen LogP contribution is 2.29. The third-order valence-corrected chi connectivity index (χ3v) is 5.73. The Morgan fingerprint density at radius 1 is 1.00 bits per heavy atom. The molecule has 0 aliphatic carbocycles. The normalized spacial score (nSPS) is 12.0. The molecule has 5 heteroatoms. The summed E-state index contributed by atoms with van der Waals surface area (Å²) in [6.45, 7) is 2.85. The minimum atomic E-state index is 0.0292. The molecule has 0 saturated heterocycles. The number of hydrogen-bond acceptors (Lipinski definition) is 4. The fraction of sp³-hybridized carbons (Fsp3) is 0.250. The summed E-state index contributed by atoms with van der Waals surface area (Å²) >= 11 is 1.25. The van der Waals surface area contributed by atoms with Crippen LogP contribution in [0.15, 0.2) is 77.8 Å². The zero-order valence-corrected chi connectivity index (χ0v) is 18.2. The van der Waals surface area contributed by atoms with Crippen molar-refractivity contribution in [2.45, 2.75) is 24.4 Å². The number of hydrogen-bond donors (Lipinski definition) is 0. The maximum absolute atomic E-state index is 12.0. The third kappa shape index (κ3) is 5.68. The second kappa shape index (κ2) is 9.72. The van der Waals surface area contributed by atoms with E-state index in [0.717, 1.165) is 22.7 Å². The van der Waals surface area contributed by atoms with Crippen LogP contribution in [0.3, 0.4) is 0 Å². The molecule has 0 saturated carbocycles. The number of aryl methyl sites for hydroxylation is 1. The van der Waals surface area contributed by atoms with Gasteiger partial charge in [-0.05, 0) is 61.1 Å². The van der Waals surface area contributed by atoms with E-state index in [1.807, 2.05) is 30.5 Å². The van der Waals surface area contributed by atoms with Crippen LogP contribution in [-0.2, 0) is 6.54 Å². The Hall–Kier alpha value is -2.63. The number of aromatic nitrogens is 1. The van der Waals surface area contributed by atoms with Crippen LogP contribution in [0.4, 0.5) is 4.79 Å². The molecule has 150 valence electrons. The van der Waals surface area contributed by atoms with Crippen LogP contribution in [0.2, 0.25) is 0 Å². The molecule has 0 aliphatic rings. The van der Waals surface area contributed by atoms with E-state index in [-0.39, 0.29) is 11.3 Å². The van der Waals surface area contributed by atoms with Gasteiger partial charge in [-0.25, -0.2) is 0 Å². The minimum Gasteiger partial charge on any atom is -0.339 e. The molecule has 0 N–H and O–H groups in total. The number of rotatable bonds is 6. The van der Waals surface area contributed by atoms with Gasteiger partial charge in [0.2, 0.25) is 0 Å². The molecule has 1 unspecified atom stereocenters. The summed E-state index contributed by atoms with van der Waals surface area (Å²) in [7, 11) is 5.65. The summed E-state index contributed by atoms with van der Waals surface area (Å²) in [6.07, 6.45) is 1.84. The van der Waals surface area contributed by atoms with Crippen molar-refractivity contribution in [3.8, 4) is 0 Å². The average Bonchev–Trinajstić information content (AvgIpc) is 2.70. The largest absolute Gasteiger partial charge is 0.339 e. The maximum atomic E-state index is 12.0. The Bertz CT molecular complexity index is 942. The SMILES string of the molecule is Cc1ccc(C(c2ccccn2)N(C)Cc2cccc(SC(=O)N(C)C)c2)cc1. The molecule has 3 aromatic rings. The first-order valence-corrected chi connectivity index (χ1v) is 10.4. The molecular formula is C24H27N3OS. The van der Waals surface area contributed by atoms with Gasteiger partial charge in [-0.3, -0.25) is 14.7 Å². The van der Waals surface area contributed by atoms with Crippen LogP contribution >= 0.6 is 11.8 Å². The molecule has 2 aromatic carbocycles. The number of benzene rings is 2. The zero-order chi connectivity index (χ0) is 20.8. The molecule has 4 nitrogen and oxygen atoms in total. The van der Waals surface area contributed by atoms with Crippen molar-refractivity contribution in [1.82, 2.24) is 14.8 Å². The first-order chi connectivity index (χ1) is 13.9. The van der Waals surface area contributed by atoms with E-state index in [4.69, 9.17) is 0 Å². The molecule has 0 radical (unpaired) electrons. The van der Waals surface area contributed by atoms with Crippen molar-refractivity contribution in [3.05, 3.63) is 95.3 Å². The average molecular weight is 406 g/mol. The van der Waals surface area contributed by atoms with Crippen LogP contribution in [0.25, 0.3) is 0 Å². The van der Waals surface area contributed by atoms with Gasteiger partial charge in [-0.2, -0.15) is 0 Å². The maximum Gasteiger partial charge on any atom is 0.285 e. The van der Waals surface area contributed by atoms with Crippen molar-refractivity contribution in [1.29, 1.82) is 0 Å². The van der Waals surface area contributed by atoms with Crippen LogP contribution < -0.4 is 0 Å². The Morgan fingerprint density at radius 3 is 2.41 bits per heavy atom. The lowest BCUT2D eigenvalue weighted by atomic mass is 10.00. The van der Waals surface area contributed by atoms with Gasteiger partial charge in [0.05, 0.1) is 11.7 Å². The predicted molar refractivity (Wildman–Crippen MR) is 120 cm³/mol. The van der Waals surface area contributed by atoms with Gasteiger partial charge in [-0.15, -0.1) is 0 Å². The van der Waals surface area contributed by atoms with Crippen LogP contribution in [-0.4, -0.2) is 41.2 Å². The number of pyridine rings is 1. The van der Waals surface area contributed by atoms with Gasteiger partial charge in [0, 0.05) is 31.7 Å². The monoisotopic (exact) mass is 405 g/mol. The van der Waals surface area contributed by atoms with E-state index >= 15 is 0 Å². The molecule has 3 rings (SSSR count). The van der Waals surface area contributed by atoms with Crippen molar-refractivity contribution in [3.63, 3.8) is 0 Å². The molecule has 0 bridgehead atoms. The van der Waals surface area contributed by atoms with Crippen LogP contribution in [0.1, 0.15) is 28.4 Å². The highest BCUT2D eigenvalue weighted by Gasteiger charge is 2.21. The standard InChI is InChI=1S/C24H27N3OS/c1-18-11-13-20(14-12-18)23(22-10-5-6-15-25-22)27(4)17-19-8-7-9-21(16-19)29-24(28)26(2)3/h5-16,23H,17H2,1-4H3. The fourth-order valence-corrected chi connectivity index (χ4v) is 3.96. The quantitative estimate of drug-likeness (QED) is 0.516. The summed E-state index contributed by atoms with van der Waals surface area (Å²) in [6, 6.07) is 22.9. The first kappa shape index (κ1) is 21.1. The summed E-state index contributed by atoms with van der Waals surface area (Å²) in [5, 5.41) is 0.0292. The van der Waals surface area contributed by atoms with Gasteiger partial charge < -0.3 is 4.90 Å². The molecular weight excluding hydrogens is 378 g/mol. The Morgan fingerprint density at radius 2 is 1.76 bits per heavy atom. The topological polar surface area (TPSA) is 36.4 Å². The second-order valence-electron chi connectivity index (χ2n) is 7.39. The lowest BCUT2D eigenvalue weighted by molar-refractivity contribution is 0.241. The highest BCUT2D eigenvalue weighted by atomic mass is 32.2. The van der Waals surface area contributed by atoms with E-state index in [9.17, 15) is 4.79 Å². The smallest absolute Gasteiger partial charge is 0.285 e. The molecule has 1 heterocycles. The van der Waals surface area contributed by atoms with Crippen LogP contribution in [0, 0.1) is 6.92 Å². The van der Waals surface area contributed by atoms with E-state index in [2.05, 4.69) is 66.3 Å². The first-order valence-electron chi connectivity index (χ1n) is 9.60. The van der Waals surface area contributed by atoms with Gasteiger partial charge in [0.25, 0.3) is 5.24 Å². The number of carbonyl (C=O) groups is 1. The molecule has 0 aliphatic heterocycles.